The predicted octanol–water partition coefficient (Wildman–Crippen LogP) is 2.16. The number of amidine groups is 1. The minimum Gasteiger partial charge on any atom is -0.409 e. The van der Waals surface area contributed by atoms with Crippen LogP contribution in [0.25, 0.3) is 0 Å². The fraction of sp³-hybridized carbons (Fsp3) is 0.500. The minimum atomic E-state index is -0.712. The third-order valence-electron chi connectivity index (χ3n) is 4.14. The zero-order chi connectivity index (χ0) is 15.4. The molecule has 1 fully saturated rings. The molecule has 2 unspecified atom stereocenters. The zero-order valence-corrected chi connectivity index (χ0v) is 12.6. The van der Waals surface area contributed by atoms with Crippen molar-refractivity contribution in [3.63, 3.8) is 0 Å². The van der Waals surface area contributed by atoms with E-state index in [9.17, 15) is 4.79 Å². The van der Waals surface area contributed by atoms with Crippen LogP contribution in [0, 0.1) is 5.92 Å². The van der Waals surface area contributed by atoms with Crippen molar-refractivity contribution < 1.29 is 10.0 Å². The van der Waals surface area contributed by atoms with Gasteiger partial charge in [-0.05, 0) is 24.3 Å². The van der Waals surface area contributed by atoms with E-state index in [0.717, 1.165) is 24.9 Å². The molecule has 1 aromatic carbocycles. The molecule has 3 N–H and O–H groups in total. The molecule has 1 heterocycles. The second kappa shape index (κ2) is 6.61. The summed E-state index contributed by atoms with van der Waals surface area (Å²) in [4.78, 5) is 14.8. The summed E-state index contributed by atoms with van der Waals surface area (Å²) in [5, 5.41) is 12.1. The molecule has 114 valence electrons. The molecule has 0 saturated carbocycles. The summed E-state index contributed by atoms with van der Waals surface area (Å²) in [5.74, 6) is -0.441. The number of likely N-dealkylation sites (tertiary alicyclic amines) is 1. The monoisotopic (exact) mass is 289 g/mol. The van der Waals surface area contributed by atoms with Crippen molar-refractivity contribution in [1.82, 2.24) is 4.90 Å². The van der Waals surface area contributed by atoms with Crippen LogP contribution in [0.4, 0.5) is 0 Å². The number of nitrogens with zero attached hydrogens (tertiary/aromatic N) is 2. The van der Waals surface area contributed by atoms with Crippen LogP contribution in [0.5, 0.6) is 0 Å². The first kappa shape index (κ1) is 15.4. The molecule has 0 radical (unpaired) electrons. The molecule has 1 aromatic rings. The smallest absolute Gasteiger partial charge is 0.238 e. The number of benzene rings is 1. The van der Waals surface area contributed by atoms with Gasteiger partial charge in [-0.25, -0.2) is 0 Å². The van der Waals surface area contributed by atoms with Crippen LogP contribution in [0.3, 0.4) is 0 Å². The van der Waals surface area contributed by atoms with Crippen molar-refractivity contribution >= 4 is 11.7 Å². The third-order valence-corrected chi connectivity index (χ3v) is 4.14. The van der Waals surface area contributed by atoms with E-state index < -0.39 is 5.92 Å². The van der Waals surface area contributed by atoms with Gasteiger partial charge >= 0.3 is 0 Å². The van der Waals surface area contributed by atoms with Crippen molar-refractivity contribution in [2.75, 3.05) is 6.54 Å². The lowest BCUT2D eigenvalue weighted by atomic mass is 9.94. The molecule has 0 bridgehead atoms. The number of amides is 1. The number of nitrogens with two attached hydrogens (primary N) is 1. The Hall–Kier alpha value is -2.04. The molecule has 1 aliphatic heterocycles. The number of hydrogen-bond donors (Lipinski definition) is 2. The highest BCUT2D eigenvalue weighted by Crippen LogP contribution is 2.28. The number of rotatable bonds is 4. The maximum Gasteiger partial charge on any atom is 0.238 e. The summed E-state index contributed by atoms with van der Waals surface area (Å²) in [6.07, 6.45) is 2.02. The highest BCUT2D eigenvalue weighted by atomic mass is 16.4. The third kappa shape index (κ3) is 3.17. The minimum absolute atomic E-state index is 0.0550. The zero-order valence-electron chi connectivity index (χ0n) is 12.6. The van der Waals surface area contributed by atoms with E-state index in [1.807, 2.05) is 35.2 Å². The fourth-order valence-corrected chi connectivity index (χ4v) is 3.07. The summed E-state index contributed by atoms with van der Waals surface area (Å²) >= 11 is 0. The van der Waals surface area contributed by atoms with Gasteiger partial charge in [0.05, 0.1) is 0 Å². The first-order chi connectivity index (χ1) is 10.1. The van der Waals surface area contributed by atoms with Crippen molar-refractivity contribution in [2.45, 2.75) is 38.6 Å². The molecule has 0 spiro atoms. The normalized spacial score (nSPS) is 20.8. The molecule has 5 nitrogen and oxygen atoms in total. The van der Waals surface area contributed by atoms with Gasteiger partial charge in [-0.15, -0.1) is 0 Å². The highest BCUT2D eigenvalue weighted by Gasteiger charge is 2.36. The summed E-state index contributed by atoms with van der Waals surface area (Å²) in [6, 6.07) is 9.48. The molecule has 0 aromatic heterocycles. The molecule has 1 saturated heterocycles. The summed E-state index contributed by atoms with van der Waals surface area (Å²) < 4.78 is 0. The maximum atomic E-state index is 12.9. The molecule has 21 heavy (non-hydrogen) atoms. The molecule has 2 rings (SSSR count). The van der Waals surface area contributed by atoms with Crippen LogP contribution in [-0.4, -0.2) is 34.4 Å². The van der Waals surface area contributed by atoms with Gasteiger partial charge in [0.1, 0.15) is 5.92 Å². The van der Waals surface area contributed by atoms with E-state index >= 15 is 0 Å². The van der Waals surface area contributed by atoms with E-state index in [0.29, 0.717) is 5.92 Å². The van der Waals surface area contributed by atoms with Crippen molar-refractivity contribution in [3.05, 3.63) is 35.9 Å². The summed E-state index contributed by atoms with van der Waals surface area (Å²) in [6.45, 7) is 4.98. The Balaban J connectivity index is 2.31. The molecular formula is C16H23N3O2. The number of oxime groups is 1. The second-order valence-electron chi connectivity index (χ2n) is 5.85. The van der Waals surface area contributed by atoms with Crippen LogP contribution >= 0.6 is 0 Å². The van der Waals surface area contributed by atoms with E-state index in [-0.39, 0.29) is 17.8 Å². The number of carbonyl (C=O) groups excluding carboxylic acids is 1. The quantitative estimate of drug-likeness (QED) is 0.386. The van der Waals surface area contributed by atoms with E-state index in [2.05, 4.69) is 19.0 Å². The van der Waals surface area contributed by atoms with Crippen molar-refractivity contribution in [1.29, 1.82) is 0 Å². The van der Waals surface area contributed by atoms with Crippen LogP contribution < -0.4 is 5.73 Å². The van der Waals surface area contributed by atoms with E-state index in [4.69, 9.17) is 10.9 Å². The van der Waals surface area contributed by atoms with Crippen LogP contribution in [0.1, 0.15) is 38.2 Å². The first-order valence-electron chi connectivity index (χ1n) is 7.39. The van der Waals surface area contributed by atoms with Crippen LogP contribution in [0.2, 0.25) is 0 Å². The molecule has 0 aliphatic carbocycles. The van der Waals surface area contributed by atoms with Crippen molar-refractivity contribution in [3.8, 4) is 0 Å². The van der Waals surface area contributed by atoms with Gasteiger partial charge in [-0.1, -0.05) is 49.3 Å². The summed E-state index contributed by atoms with van der Waals surface area (Å²) in [7, 11) is 0. The van der Waals surface area contributed by atoms with E-state index in [1.54, 1.807) is 0 Å². The Kier molecular flexibility index (Phi) is 4.83. The van der Waals surface area contributed by atoms with Gasteiger partial charge < -0.3 is 15.8 Å². The lowest BCUT2D eigenvalue weighted by Gasteiger charge is -2.31. The van der Waals surface area contributed by atoms with Gasteiger partial charge in [0, 0.05) is 12.6 Å². The number of carbonyl (C=O) groups is 1. The van der Waals surface area contributed by atoms with Gasteiger partial charge in [-0.3, -0.25) is 4.79 Å². The average Bonchev–Trinajstić information content (AvgIpc) is 2.98. The van der Waals surface area contributed by atoms with Crippen molar-refractivity contribution in [2.24, 2.45) is 16.8 Å². The second-order valence-corrected chi connectivity index (χ2v) is 5.85. The summed E-state index contributed by atoms with van der Waals surface area (Å²) in [5.41, 5.74) is 6.55. The first-order valence-corrected chi connectivity index (χ1v) is 7.39. The standard InChI is InChI=1S/C16H23N3O2/c1-11(2)13-9-6-10-19(13)16(20)14(15(17)18-21)12-7-4-3-5-8-12/h3-5,7-8,11,13-14,21H,6,9-10H2,1-2H3,(H2,17,18). The van der Waals surface area contributed by atoms with Gasteiger partial charge in [0.25, 0.3) is 0 Å². The lowest BCUT2D eigenvalue weighted by molar-refractivity contribution is -0.132. The number of hydrogen-bond acceptors (Lipinski definition) is 3. The van der Waals surface area contributed by atoms with Gasteiger partial charge in [0.2, 0.25) is 5.91 Å². The Bertz CT molecular complexity index is 514. The van der Waals surface area contributed by atoms with Gasteiger partial charge in [0.15, 0.2) is 5.84 Å². The Morgan fingerprint density at radius 1 is 1.38 bits per heavy atom. The Labute approximate surface area is 125 Å². The fourth-order valence-electron chi connectivity index (χ4n) is 3.07. The van der Waals surface area contributed by atoms with Crippen LogP contribution in [-0.2, 0) is 4.79 Å². The lowest BCUT2D eigenvalue weighted by Crippen LogP contribution is -2.44. The molecular weight excluding hydrogens is 266 g/mol. The molecule has 5 heteroatoms. The largest absolute Gasteiger partial charge is 0.409 e. The highest BCUT2D eigenvalue weighted by molar-refractivity contribution is 6.07. The Morgan fingerprint density at radius 3 is 2.62 bits per heavy atom. The topological polar surface area (TPSA) is 78.9 Å². The molecule has 2 atom stereocenters. The Morgan fingerprint density at radius 2 is 2.05 bits per heavy atom. The SMILES string of the molecule is CC(C)C1CCCN1C(=O)C(C(N)=NO)c1ccccc1. The molecule has 1 amide bonds. The predicted molar refractivity (Wildman–Crippen MR) is 82.2 cm³/mol. The average molecular weight is 289 g/mol. The van der Waals surface area contributed by atoms with E-state index in [1.165, 1.54) is 0 Å². The molecule has 1 aliphatic rings. The van der Waals surface area contributed by atoms with Crippen LogP contribution in [0.15, 0.2) is 35.5 Å². The maximum absolute atomic E-state index is 12.9. The van der Waals surface area contributed by atoms with Gasteiger partial charge in [-0.2, -0.15) is 0 Å².